The summed E-state index contributed by atoms with van der Waals surface area (Å²) in [7, 11) is -4.45. The summed E-state index contributed by atoms with van der Waals surface area (Å²) in [5.41, 5.74) is 1.77. The second kappa shape index (κ2) is 10.4. The highest BCUT2D eigenvalue weighted by Crippen LogP contribution is 2.49. The van der Waals surface area contributed by atoms with Gasteiger partial charge in [0.15, 0.2) is 0 Å². The zero-order valence-corrected chi connectivity index (χ0v) is 21.6. The van der Waals surface area contributed by atoms with Crippen molar-refractivity contribution in [3.63, 3.8) is 0 Å². The van der Waals surface area contributed by atoms with Crippen molar-refractivity contribution in [1.82, 2.24) is 5.32 Å². The zero-order valence-electron chi connectivity index (χ0n) is 20.7. The van der Waals surface area contributed by atoms with Crippen molar-refractivity contribution in [1.29, 1.82) is 0 Å². The maximum absolute atomic E-state index is 13.3. The number of hydrogen-bond acceptors (Lipinski definition) is 4. The number of nitrogens with one attached hydrogen (secondary N) is 1. The van der Waals surface area contributed by atoms with Gasteiger partial charge in [-0.15, -0.1) is 0 Å². The molecule has 0 unspecified atom stereocenters. The number of amides is 1. The SMILES string of the molecule is O=C1N[C@@](c2ccccc2)(c2ccc(-c3cccc(P(=O)(O)O)c3)cc2O)[C@H]1CC[C@H](O)c1ccc(F)cc1. The lowest BCUT2D eigenvalue weighted by Crippen LogP contribution is -2.67. The smallest absolute Gasteiger partial charge is 0.356 e. The largest absolute Gasteiger partial charge is 0.508 e. The average Bonchev–Trinajstić information content (AvgIpc) is 2.92. The van der Waals surface area contributed by atoms with Gasteiger partial charge in [-0.1, -0.05) is 66.7 Å². The lowest BCUT2D eigenvalue weighted by atomic mass is 9.64. The van der Waals surface area contributed by atoms with Gasteiger partial charge in [0, 0.05) is 5.56 Å². The standard InChI is InChI=1S/C30H27FNO6P/c31-23-12-9-19(10-13-23)27(33)16-15-26-29(35)32-30(26,22-6-2-1-3-7-22)25-14-11-21(18-28(25)34)20-5-4-8-24(17-20)39(36,37)38/h1-14,17-18,26-27,33-34H,15-16H2,(H,32,35)(H2,36,37,38)/t26-,27-,30-/m0/s1. The summed E-state index contributed by atoms with van der Waals surface area (Å²) in [6.45, 7) is 0. The van der Waals surface area contributed by atoms with Crippen molar-refractivity contribution in [3.8, 4) is 16.9 Å². The van der Waals surface area contributed by atoms with Crippen molar-refractivity contribution in [3.05, 3.63) is 120 Å². The first-order valence-electron chi connectivity index (χ1n) is 12.4. The number of phenolic OH excluding ortho intramolecular Hbond substituents is 1. The molecular weight excluding hydrogens is 520 g/mol. The first kappa shape index (κ1) is 26.8. The van der Waals surface area contributed by atoms with E-state index >= 15 is 0 Å². The molecule has 0 saturated carbocycles. The number of aliphatic hydroxyl groups excluding tert-OH is 1. The molecule has 1 aliphatic heterocycles. The van der Waals surface area contributed by atoms with E-state index in [1.54, 1.807) is 18.2 Å². The monoisotopic (exact) mass is 547 g/mol. The number of halogens is 1. The van der Waals surface area contributed by atoms with Crippen LogP contribution >= 0.6 is 7.60 Å². The first-order valence-corrected chi connectivity index (χ1v) is 14.0. The van der Waals surface area contributed by atoms with Gasteiger partial charge in [-0.2, -0.15) is 0 Å². The summed E-state index contributed by atoms with van der Waals surface area (Å²) >= 11 is 0. The second-order valence-electron chi connectivity index (χ2n) is 9.69. The molecule has 0 aliphatic carbocycles. The minimum Gasteiger partial charge on any atom is -0.508 e. The van der Waals surface area contributed by atoms with Gasteiger partial charge in [0.2, 0.25) is 5.91 Å². The van der Waals surface area contributed by atoms with E-state index in [1.807, 2.05) is 30.3 Å². The van der Waals surface area contributed by atoms with Crippen LogP contribution in [0.2, 0.25) is 0 Å². The maximum Gasteiger partial charge on any atom is 0.356 e. The van der Waals surface area contributed by atoms with Crippen LogP contribution in [0, 0.1) is 11.7 Å². The van der Waals surface area contributed by atoms with Gasteiger partial charge in [0.25, 0.3) is 0 Å². The summed E-state index contributed by atoms with van der Waals surface area (Å²) in [5, 5.41) is 24.8. The normalized spacial score (nSPS) is 19.7. The molecule has 7 nitrogen and oxygen atoms in total. The third-order valence-electron chi connectivity index (χ3n) is 7.31. The molecule has 5 N–H and O–H groups in total. The van der Waals surface area contributed by atoms with Crippen LogP contribution in [0.3, 0.4) is 0 Å². The van der Waals surface area contributed by atoms with Crippen molar-refractivity contribution in [2.75, 3.05) is 0 Å². The molecular formula is C30H27FNO6P. The molecule has 200 valence electrons. The molecule has 9 heteroatoms. The maximum atomic E-state index is 13.3. The molecule has 1 amide bonds. The number of carbonyl (C=O) groups is 1. The van der Waals surface area contributed by atoms with Gasteiger partial charge in [-0.25, -0.2) is 4.39 Å². The van der Waals surface area contributed by atoms with Crippen LogP contribution in [-0.2, 0) is 14.9 Å². The van der Waals surface area contributed by atoms with Gasteiger partial charge in [0.1, 0.15) is 17.1 Å². The fourth-order valence-electron chi connectivity index (χ4n) is 5.31. The number of carbonyl (C=O) groups excluding carboxylic acids is 1. The van der Waals surface area contributed by atoms with Crippen LogP contribution in [0.15, 0.2) is 97.1 Å². The molecule has 0 radical (unpaired) electrons. The van der Waals surface area contributed by atoms with E-state index in [1.165, 1.54) is 48.5 Å². The molecule has 0 bridgehead atoms. The summed E-state index contributed by atoms with van der Waals surface area (Å²) in [6.07, 6.45) is -0.360. The van der Waals surface area contributed by atoms with Crippen LogP contribution in [0.5, 0.6) is 5.75 Å². The van der Waals surface area contributed by atoms with Crippen molar-refractivity contribution >= 4 is 18.8 Å². The van der Waals surface area contributed by atoms with Crippen LogP contribution in [0.4, 0.5) is 4.39 Å². The summed E-state index contributed by atoms with van der Waals surface area (Å²) in [6, 6.07) is 25.7. The number of benzene rings is 4. The third kappa shape index (κ3) is 5.12. The number of hydrogen-bond donors (Lipinski definition) is 5. The van der Waals surface area contributed by atoms with E-state index in [4.69, 9.17) is 0 Å². The highest BCUT2D eigenvalue weighted by Gasteiger charge is 2.56. The Kier molecular flexibility index (Phi) is 7.14. The molecule has 4 aromatic rings. The fourth-order valence-corrected chi connectivity index (χ4v) is 5.89. The Labute approximate surface area is 224 Å². The quantitative estimate of drug-likeness (QED) is 0.163. The summed E-state index contributed by atoms with van der Waals surface area (Å²) in [5.74, 6) is -1.32. The van der Waals surface area contributed by atoms with Crippen LogP contribution in [-0.4, -0.2) is 25.9 Å². The number of aliphatic hydroxyl groups is 1. The molecule has 0 aromatic heterocycles. The minimum atomic E-state index is -4.45. The highest BCUT2D eigenvalue weighted by molar-refractivity contribution is 7.60. The van der Waals surface area contributed by atoms with E-state index in [0.717, 1.165) is 5.56 Å². The first-order chi connectivity index (χ1) is 18.6. The predicted molar refractivity (Wildman–Crippen MR) is 145 cm³/mol. The number of rotatable bonds is 8. The Morgan fingerprint density at radius 1 is 0.897 bits per heavy atom. The average molecular weight is 548 g/mol. The second-order valence-corrected chi connectivity index (χ2v) is 11.3. The van der Waals surface area contributed by atoms with E-state index in [0.29, 0.717) is 28.7 Å². The Morgan fingerprint density at radius 3 is 2.23 bits per heavy atom. The van der Waals surface area contributed by atoms with E-state index < -0.39 is 31.0 Å². The van der Waals surface area contributed by atoms with E-state index in [-0.39, 0.29) is 23.4 Å². The molecule has 1 heterocycles. The lowest BCUT2D eigenvalue weighted by molar-refractivity contribution is -0.140. The molecule has 0 spiro atoms. The molecule has 1 saturated heterocycles. The van der Waals surface area contributed by atoms with Crippen molar-refractivity contribution in [2.45, 2.75) is 24.5 Å². The van der Waals surface area contributed by atoms with Gasteiger partial charge in [-0.05, 0) is 65.4 Å². The Hall–Kier alpha value is -3.81. The van der Waals surface area contributed by atoms with Gasteiger partial charge < -0.3 is 25.3 Å². The number of phenols is 1. The van der Waals surface area contributed by atoms with Gasteiger partial charge in [-0.3, -0.25) is 9.36 Å². The summed E-state index contributed by atoms with van der Waals surface area (Å²) in [4.78, 5) is 32.0. The number of aromatic hydroxyl groups is 1. The zero-order chi connectivity index (χ0) is 27.8. The van der Waals surface area contributed by atoms with Crippen molar-refractivity contribution < 1.29 is 33.7 Å². The fraction of sp³-hybridized carbons (Fsp3) is 0.167. The van der Waals surface area contributed by atoms with Crippen LogP contribution < -0.4 is 10.6 Å². The lowest BCUT2D eigenvalue weighted by Gasteiger charge is -2.50. The highest BCUT2D eigenvalue weighted by atomic mass is 31.2. The predicted octanol–water partition coefficient (Wildman–Crippen LogP) is 4.50. The molecule has 1 aliphatic rings. The molecule has 4 aromatic carbocycles. The third-order valence-corrected chi connectivity index (χ3v) is 8.26. The van der Waals surface area contributed by atoms with Crippen molar-refractivity contribution in [2.24, 2.45) is 5.92 Å². The molecule has 5 rings (SSSR count). The number of β-lactam (4-membered cyclic amide) rings is 1. The van der Waals surface area contributed by atoms with Crippen LogP contribution in [0.1, 0.15) is 35.6 Å². The Morgan fingerprint density at radius 2 is 1.59 bits per heavy atom. The van der Waals surface area contributed by atoms with Gasteiger partial charge in [0.05, 0.1) is 17.3 Å². The van der Waals surface area contributed by atoms with Gasteiger partial charge >= 0.3 is 7.60 Å². The van der Waals surface area contributed by atoms with Crippen LogP contribution in [0.25, 0.3) is 11.1 Å². The molecule has 1 fully saturated rings. The molecule has 3 atom stereocenters. The Bertz CT molecular complexity index is 1560. The summed E-state index contributed by atoms with van der Waals surface area (Å²) < 4.78 is 25.0. The molecule has 39 heavy (non-hydrogen) atoms. The topological polar surface area (TPSA) is 127 Å². The Balaban J connectivity index is 1.50. The minimum absolute atomic E-state index is 0.0954. The van der Waals surface area contributed by atoms with E-state index in [9.17, 15) is 33.7 Å². The van der Waals surface area contributed by atoms with E-state index in [2.05, 4.69) is 5.32 Å².